The smallest absolute Gasteiger partial charge is 0.245 e. The Morgan fingerprint density at radius 2 is 2.00 bits per heavy atom. The highest BCUT2D eigenvalue weighted by Crippen LogP contribution is 2.11. The summed E-state index contributed by atoms with van der Waals surface area (Å²) in [5.74, 6) is 0.0523. The van der Waals surface area contributed by atoms with Gasteiger partial charge in [-0.1, -0.05) is 36.9 Å². The van der Waals surface area contributed by atoms with Crippen molar-refractivity contribution in [3.63, 3.8) is 0 Å². The molecule has 0 saturated carbocycles. The molecule has 1 heterocycles. The van der Waals surface area contributed by atoms with Gasteiger partial charge < -0.3 is 10.2 Å². The second kappa shape index (κ2) is 6.36. The third-order valence-corrected chi connectivity index (χ3v) is 3.42. The quantitative estimate of drug-likeness (QED) is 0.821. The average Bonchev–Trinajstić information content (AvgIpc) is 2.46. The number of piperidine rings is 1. The standard InChI is InChI=1S/C15H20N2O/c1-2-15(18)17-10-8-14(9-11-17)16-12-13-6-4-3-5-7-13/h2-7,14,16H,1,8-12H2. The van der Waals surface area contributed by atoms with Crippen molar-refractivity contribution in [2.45, 2.75) is 25.4 Å². The fraction of sp³-hybridized carbons (Fsp3) is 0.400. The minimum absolute atomic E-state index is 0.0523. The summed E-state index contributed by atoms with van der Waals surface area (Å²) in [6.45, 7) is 6.09. The minimum atomic E-state index is 0.0523. The molecular formula is C15H20N2O. The Hall–Kier alpha value is -1.61. The lowest BCUT2D eigenvalue weighted by Crippen LogP contribution is -2.44. The summed E-state index contributed by atoms with van der Waals surface area (Å²) >= 11 is 0. The van der Waals surface area contributed by atoms with Crippen molar-refractivity contribution in [3.8, 4) is 0 Å². The Morgan fingerprint density at radius 3 is 2.61 bits per heavy atom. The van der Waals surface area contributed by atoms with Crippen molar-refractivity contribution >= 4 is 5.91 Å². The molecule has 0 bridgehead atoms. The lowest BCUT2D eigenvalue weighted by Gasteiger charge is -2.31. The first-order chi connectivity index (χ1) is 8.79. The van der Waals surface area contributed by atoms with Gasteiger partial charge in [-0.25, -0.2) is 0 Å². The summed E-state index contributed by atoms with van der Waals surface area (Å²) in [5.41, 5.74) is 1.31. The van der Waals surface area contributed by atoms with Crippen LogP contribution in [0.4, 0.5) is 0 Å². The Balaban J connectivity index is 1.74. The van der Waals surface area contributed by atoms with Crippen LogP contribution in [0.25, 0.3) is 0 Å². The molecule has 96 valence electrons. The maximum absolute atomic E-state index is 11.4. The number of nitrogens with one attached hydrogen (secondary N) is 1. The molecule has 0 unspecified atom stereocenters. The first kappa shape index (κ1) is 12.8. The van der Waals surface area contributed by atoms with Gasteiger partial charge in [0.1, 0.15) is 0 Å². The van der Waals surface area contributed by atoms with Gasteiger partial charge in [-0.3, -0.25) is 4.79 Å². The average molecular weight is 244 g/mol. The van der Waals surface area contributed by atoms with E-state index in [0.29, 0.717) is 6.04 Å². The van der Waals surface area contributed by atoms with Crippen molar-refractivity contribution in [2.24, 2.45) is 0 Å². The molecule has 1 aliphatic rings. The summed E-state index contributed by atoms with van der Waals surface area (Å²) in [7, 11) is 0. The monoisotopic (exact) mass is 244 g/mol. The van der Waals surface area contributed by atoms with E-state index >= 15 is 0 Å². The molecule has 0 spiro atoms. The molecule has 1 saturated heterocycles. The SMILES string of the molecule is C=CC(=O)N1CCC(NCc2ccccc2)CC1. The summed E-state index contributed by atoms with van der Waals surface area (Å²) in [6, 6.07) is 10.9. The molecule has 1 aliphatic heterocycles. The number of hydrogen-bond donors (Lipinski definition) is 1. The number of hydrogen-bond acceptors (Lipinski definition) is 2. The molecule has 1 fully saturated rings. The Bertz CT molecular complexity index is 394. The van der Waals surface area contributed by atoms with Crippen molar-refractivity contribution in [1.82, 2.24) is 10.2 Å². The third kappa shape index (κ3) is 3.44. The van der Waals surface area contributed by atoms with Crippen LogP contribution in [0.5, 0.6) is 0 Å². The second-order valence-electron chi connectivity index (χ2n) is 4.67. The van der Waals surface area contributed by atoms with Crippen LogP contribution in [0.2, 0.25) is 0 Å². The Labute approximate surface area is 108 Å². The molecule has 2 rings (SSSR count). The summed E-state index contributed by atoms with van der Waals surface area (Å²) in [5, 5.41) is 3.55. The van der Waals surface area contributed by atoms with Crippen LogP contribution < -0.4 is 5.32 Å². The van der Waals surface area contributed by atoms with Crippen molar-refractivity contribution in [1.29, 1.82) is 0 Å². The zero-order chi connectivity index (χ0) is 12.8. The van der Waals surface area contributed by atoms with Crippen LogP contribution in [0.1, 0.15) is 18.4 Å². The van der Waals surface area contributed by atoms with Crippen LogP contribution in [0.15, 0.2) is 43.0 Å². The number of carbonyl (C=O) groups is 1. The van der Waals surface area contributed by atoms with E-state index in [2.05, 4.69) is 36.2 Å². The predicted molar refractivity (Wildman–Crippen MR) is 73.1 cm³/mol. The third-order valence-electron chi connectivity index (χ3n) is 3.42. The molecule has 1 aromatic rings. The van der Waals surface area contributed by atoms with E-state index in [-0.39, 0.29) is 5.91 Å². The van der Waals surface area contributed by atoms with Gasteiger partial charge in [0, 0.05) is 25.7 Å². The highest BCUT2D eigenvalue weighted by Gasteiger charge is 2.20. The summed E-state index contributed by atoms with van der Waals surface area (Å²) in [6.07, 6.45) is 3.44. The van der Waals surface area contributed by atoms with Gasteiger partial charge in [0.15, 0.2) is 0 Å². The van der Waals surface area contributed by atoms with Gasteiger partial charge in [0.2, 0.25) is 5.91 Å². The second-order valence-corrected chi connectivity index (χ2v) is 4.67. The normalized spacial score (nSPS) is 16.6. The fourth-order valence-corrected chi connectivity index (χ4v) is 2.29. The van der Waals surface area contributed by atoms with E-state index in [1.807, 2.05) is 11.0 Å². The first-order valence-electron chi connectivity index (χ1n) is 6.48. The van der Waals surface area contributed by atoms with Gasteiger partial charge in [-0.05, 0) is 24.5 Å². The van der Waals surface area contributed by atoms with E-state index in [9.17, 15) is 4.79 Å². The van der Waals surface area contributed by atoms with Gasteiger partial charge in [-0.15, -0.1) is 0 Å². The molecule has 1 N–H and O–H groups in total. The van der Waals surface area contributed by atoms with E-state index < -0.39 is 0 Å². The molecule has 18 heavy (non-hydrogen) atoms. The number of amides is 1. The minimum Gasteiger partial charge on any atom is -0.339 e. The lowest BCUT2D eigenvalue weighted by atomic mass is 10.0. The van der Waals surface area contributed by atoms with Crippen LogP contribution in [0.3, 0.4) is 0 Å². The van der Waals surface area contributed by atoms with Gasteiger partial charge in [-0.2, -0.15) is 0 Å². The summed E-state index contributed by atoms with van der Waals surface area (Å²) < 4.78 is 0. The first-order valence-corrected chi connectivity index (χ1v) is 6.48. The topological polar surface area (TPSA) is 32.3 Å². The Kier molecular flexibility index (Phi) is 4.53. The number of benzene rings is 1. The van der Waals surface area contributed by atoms with Crippen LogP contribution in [-0.4, -0.2) is 29.9 Å². The van der Waals surface area contributed by atoms with Crippen molar-refractivity contribution in [3.05, 3.63) is 48.6 Å². The zero-order valence-corrected chi connectivity index (χ0v) is 10.6. The molecular weight excluding hydrogens is 224 g/mol. The van der Waals surface area contributed by atoms with Crippen molar-refractivity contribution in [2.75, 3.05) is 13.1 Å². The Morgan fingerprint density at radius 1 is 1.33 bits per heavy atom. The fourth-order valence-electron chi connectivity index (χ4n) is 2.29. The van der Waals surface area contributed by atoms with Crippen LogP contribution in [-0.2, 0) is 11.3 Å². The molecule has 1 aromatic carbocycles. The van der Waals surface area contributed by atoms with Crippen LogP contribution >= 0.6 is 0 Å². The maximum atomic E-state index is 11.4. The van der Waals surface area contributed by atoms with Gasteiger partial charge in [0.05, 0.1) is 0 Å². The van der Waals surface area contributed by atoms with E-state index in [1.54, 1.807) is 0 Å². The van der Waals surface area contributed by atoms with Crippen molar-refractivity contribution < 1.29 is 4.79 Å². The zero-order valence-electron chi connectivity index (χ0n) is 10.6. The summed E-state index contributed by atoms with van der Waals surface area (Å²) in [4.78, 5) is 13.3. The van der Waals surface area contributed by atoms with Gasteiger partial charge in [0.25, 0.3) is 0 Å². The van der Waals surface area contributed by atoms with Gasteiger partial charge >= 0.3 is 0 Å². The molecule has 0 atom stereocenters. The number of rotatable bonds is 4. The predicted octanol–water partition coefficient (Wildman–Crippen LogP) is 1.95. The molecule has 0 radical (unpaired) electrons. The molecule has 0 aliphatic carbocycles. The highest BCUT2D eigenvalue weighted by molar-refractivity contribution is 5.87. The van der Waals surface area contributed by atoms with Crippen LogP contribution in [0, 0.1) is 0 Å². The maximum Gasteiger partial charge on any atom is 0.245 e. The number of nitrogens with zero attached hydrogens (tertiary/aromatic N) is 1. The van der Waals surface area contributed by atoms with E-state index in [4.69, 9.17) is 0 Å². The van der Waals surface area contributed by atoms with E-state index in [0.717, 1.165) is 32.5 Å². The molecule has 3 nitrogen and oxygen atoms in total. The highest BCUT2D eigenvalue weighted by atomic mass is 16.2. The lowest BCUT2D eigenvalue weighted by molar-refractivity contribution is -0.127. The van der Waals surface area contributed by atoms with E-state index in [1.165, 1.54) is 11.6 Å². The largest absolute Gasteiger partial charge is 0.339 e. The molecule has 1 amide bonds. The number of likely N-dealkylation sites (tertiary alicyclic amines) is 1. The number of carbonyl (C=O) groups excluding carboxylic acids is 1. The molecule has 3 heteroatoms. The molecule has 0 aromatic heterocycles.